The summed E-state index contributed by atoms with van der Waals surface area (Å²) in [5.74, 6) is -0.0780. The van der Waals surface area contributed by atoms with Gasteiger partial charge >= 0.3 is 13.7 Å². The molecule has 0 amide bonds. The summed E-state index contributed by atoms with van der Waals surface area (Å²) in [6, 6.07) is 10.7. The van der Waals surface area contributed by atoms with Gasteiger partial charge in [0.15, 0.2) is 5.82 Å². The number of esters is 1. The number of anilines is 1. The fourth-order valence-corrected chi connectivity index (χ4v) is 7.10. The summed E-state index contributed by atoms with van der Waals surface area (Å²) >= 11 is 0. The highest BCUT2D eigenvalue weighted by atomic mass is 31.2. The van der Waals surface area contributed by atoms with Gasteiger partial charge < -0.3 is 29.9 Å². The molecule has 1 aromatic carbocycles. The number of aliphatic hydroxyl groups is 2. The molecule has 14 heteroatoms. The smallest absolute Gasteiger partial charge is 0.459 e. The Morgan fingerprint density at radius 3 is 2.58 bits per heavy atom. The quantitative estimate of drug-likeness (QED) is 0.192. The van der Waals surface area contributed by atoms with Crippen LogP contribution in [0.3, 0.4) is 0 Å². The van der Waals surface area contributed by atoms with E-state index in [4.69, 9.17) is 24.3 Å². The van der Waals surface area contributed by atoms with Crippen LogP contribution in [0.1, 0.15) is 70.6 Å². The van der Waals surface area contributed by atoms with Crippen LogP contribution in [-0.2, 0) is 23.4 Å². The third-order valence-corrected chi connectivity index (χ3v) is 9.61. The Morgan fingerprint density at radius 1 is 1.16 bits per heavy atom. The van der Waals surface area contributed by atoms with Gasteiger partial charge in [-0.15, -0.1) is 0 Å². The summed E-state index contributed by atoms with van der Waals surface area (Å²) in [4.78, 5) is 17.0. The second-order valence-corrected chi connectivity index (χ2v) is 13.1. The third-order valence-electron chi connectivity index (χ3n) is 7.99. The number of rotatable bonds is 10. The molecule has 0 bridgehead atoms. The number of fused-ring (bicyclic) bond motifs is 1. The molecular formula is C29H40N5O8P. The highest BCUT2D eigenvalue weighted by Gasteiger charge is 2.54. The first-order valence-corrected chi connectivity index (χ1v) is 16.2. The summed E-state index contributed by atoms with van der Waals surface area (Å²) in [6.07, 6.45) is 4.24. The summed E-state index contributed by atoms with van der Waals surface area (Å²) in [6.45, 7) is 2.60. The first kappa shape index (κ1) is 31.4. The summed E-state index contributed by atoms with van der Waals surface area (Å²) in [5, 5.41) is 28.9. The average molecular weight is 618 g/mol. The highest BCUT2D eigenvalue weighted by molar-refractivity contribution is 7.52. The molecule has 2 aromatic heterocycles. The van der Waals surface area contributed by atoms with Gasteiger partial charge in [0, 0.05) is 0 Å². The number of hydrogen-bond acceptors (Lipinski definition) is 11. The Bertz CT molecular complexity index is 1430. The number of nitrogens with two attached hydrogens (primary N) is 1. The number of carbonyl (C=O) groups excluding carboxylic acids is 1. The summed E-state index contributed by atoms with van der Waals surface area (Å²) in [7, 11) is -4.25. The molecular weight excluding hydrogens is 577 g/mol. The molecule has 2 fully saturated rings. The van der Waals surface area contributed by atoms with Crippen molar-refractivity contribution in [1.82, 2.24) is 19.7 Å². The van der Waals surface area contributed by atoms with Crippen LogP contribution in [0.4, 0.5) is 5.82 Å². The Balaban J connectivity index is 1.30. The van der Waals surface area contributed by atoms with Crippen molar-refractivity contribution in [1.29, 1.82) is 0 Å². The van der Waals surface area contributed by atoms with E-state index in [-0.39, 0.29) is 17.7 Å². The van der Waals surface area contributed by atoms with Crippen LogP contribution in [0.2, 0.25) is 0 Å². The van der Waals surface area contributed by atoms with E-state index in [0.717, 1.165) is 38.5 Å². The van der Waals surface area contributed by atoms with E-state index >= 15 is 0 Å². The van der Waals surface area contributed by atoms with E-state index in [1.165, 1.54) is 31.1 Å². The van der Waals surface area contributed by atoms with Gasteiger partial charge in [-0.05, 0) is 63.8 Å². The van der Waals surface area contributed by atoms with E-state index < -0.39 is 50.3 Å². The van der Waals surface area contributed by atoms with Gasteiger partial charge in [0.1, 0.15) is 53.7 Å². The zero-order valence-electron chi connectivity index (χ0n) is 24.4. The number of para-hydroxylation sites is 1. The van der Waals surface area contributed by atoms with Gasteiger partial charge in [0.25, 0.3) is 0 Å². The number of nitrogen functional groups attached to an aromatic ring is 1. The molecule has 0 spiro atoms. The maximum atomic E-state index is 14.1. The van der Waals surface area contributed by atoms with Crippen molar-refractivity contribution in [2.75, 3.05) is 12.3 Å². The van der Waals surface area contributed by atoms with E-state index in [0.29, 0.717) is 11.2 Å². The first-order chi connectivity index (χ1) is 20.6. The molecule has 0 unspecified atom stereocenters. The van der Waals surface area contributed by atoms with E-state index in [1.54, 1.807) is 42.5 Å². The Hall–Kier alpha value is -3.06. The van der Waals surface area contributed by atoms with Gasteiger partial charge in [0.2, 0.25) is 0 Å². The van der Waals surface area contributed by atoms with Crippen molar-refractivity contribution < 1.29 is 38.1 Å². The molecule has 5 rings (SSSR count). The number of ether oxygens (including phenoxy) is 2. The predicted octanol–water partition coefficient (Wildman–Crippen LogP) is 3.70. The molecule has 5 N–H and O–H groups in total. The maximum absolute atomic E-state index is 14.1. The van der Waals surface area contributed by atoms with Crippen LogP contribution in [0.15, 0.2) is 48.8 Å². The third kappa shape index (κ3) is 7.19. The molecule has 2 aliphatic rings. The normalized spacial score (nSPS) is 27.2. The fraction of sp³-hybridized carbons (Fsp3) is 0.552. The van der Waals surface area contributed by atoms with Crippen molar-refractivity contribution in [3.63, 3.8) is 0 Å². The van der Waals surface area contributed by atoms with Gasteiger partial charge in [0.05, 0.1) is 12.3 Å². The molecule has 1 saturated heterocycles. The lowest BCUT2D eigenvalue weighted by Gasteiger charge is -2.30. The number of nitrogens with one attached hydrogen (secondary N) is 1. The van der Waals surface area contributed by atoms with Gasteiger partial charge in [-0.25, -0.2) is 14.1 Å². The molecule has 1 saturated carbocycles. The molecule has 43 heavy (non-hydrogen) atoms. The molecule has 6 atom stereocenters. The topological polar surface area (TPSA) is 180 Å². The highest BCUT2D eigenvalue weighted by Crippen LogP contribution is 2.48. The molecule has 1 aliphatic carbocycles. The van der Waals surface area contributed by atoms with Gasteiger partial charge in [-0.2, -0.15) is 10.2 Å². The Morgan fingerprint density at radius 2 is 1.86 bits per heavy atom. The molecule has 3 aromatic rings. The largest absolute Gasteiger partial charge is 0.461 e. The van der Waals surface area contributed by atoms with Gasteiger partial charge in [-0.3, -0.25) is 9.32 Å². The van der Waals surface area contributed by atoms with Crippen molar-refractivity contribution in [3.8, 4) is 5.75 Å². The fourth-order valence-electron chi connectivity index (χ4n) is 5.52. The number of nitrogens with zero attached hydrogens (tertiary/aromatic N) is 3. The molecule has 234 valence electrons. The van der Waals surface area contributed by atoms with Gasteiger partial charge in [-0.1, -0.05) is 37.5 Å². The second-order valence-electron chi connectivity index (χ2n) is 11.4. The molecule has 13 nitrogen and oxygen atoms in total. The summed E-state index contributed by atoms with van der Waals surface area (Å²) in [5.41, 5.74) is 5.37. The van der Waals surface area contributed by atoms with E-state index in [9.17, 15) is 19.6 Å². The van der Waals surface area contributed by atoms with Crippen molar-refractivity contribution >= 4 is 25.1 Å². The number of benzene rings is 1. The van der Waals surface area contributed by atoms with E-state index in [1.807, 2.05) is 0 Å². The SMILES string of the molecule is C[C@H](N[P@@](=O)(OC[C@@]1(C)O[C@@H](c2ccc3c(N)ncnn23)[C@H](O)[C@@H]1O)Oc1ccccc1)C(=O)OC1CCCCCCC1. The van der Waals surface area contributed by atoms with Crippen molar-refractivity contribution in [3.05, 3.63) is 54.5 Å². The molecule has 1 aliphatic heterocycles. The standard InChI is InChI=1S/C29H40N5O8P/c1-19(28(37)40-20-11-7-4-3-5-8-12-20)33-43(38,42-21-13-9-6-10-14-21)39-17-29(2)26(36)24(35)25(41-29)22-15-16-23-27(30)31-18-32-34(22)23/h6,9-10,13-16,18-20,24-26,35-36H,3-5,7-8,11-12,17H2,1-2H3,(H,33,38)(H2,30,31,32)/t19-,24-,25-,26-,29+,43+/m0/s1. The zero-order chi connectivity index (χ0) is 30.6. The predicted molar refractivity (Wildman–Crippen MR) is 157 cm³/mol. The lowest BCUT2D eigenvalue weighted by molar-refractivity contribution is -0.151. The minimum atomic E-state index is -4.25. The number of carbonyl (C=O) groups is 1. The van der Waals surface area contributed by atoms with Crippen LogP contribution in [0.5, 0.6) is 5.75 Å². The van der Waals surface area contributed by atoms with Crippen LogP contribution in [-0.4, -0.2) is 67.3 Å². The second kappa shape index (κ2) is 13.3. The minimum absolute atomic E-state index is 0.197. The van der Waals surface area contributed by atoms with E-state index in [2.05, 4.69) is 15.2 Å². The number of aliphatic hydroxyl groups excluding tert-OH is 2. The lowest BCUT2D eigenvalue weighted by Crippen LogP contribution is -2.45. The number of hydrogen-bond donors (Lipinski definition) is 4. The van der Waals surface area contributed by atoms with Crippen LogP contribution in [0, 0.1) is 0 Å². The van der Waals surface area contributed by atoms with Crippen molar-refractivity contribution in [2.24, 2.45) is 0 Å². The minimum Gasteiger partial charge on any atom is -0.461 e. The lowest BCUT2D eigenvalue weighted by atomic mass is 9.97. The first-order valence-electron chi connectivity index (χ1n) is 14.7. The van der Waals surface area contributed by atoms with Crippen LogP contribution >= 0.6 is 7.75 Å². The zero-order valence-corrected chi connectivity index (χ0v) is 25.3. The Kier molecular flexibility index (Phi) is 9.70. The average Bonchev–Trinajstić information content (AvgIpc) is 3.50. The summed E-state index contributed by atoms with van der Waals surface area (Å²) < 4.78 is 39.1. The number of aromatic nitrogens is 3. The Labute approximate surface area is 250 Å². The molecule has 3 heterocycles. The van der Waals surface area contributed by atoms with Crippen LogP contribution < -0.4 is 15.3 Å². The van der Waals surface area contributed by atoms with Crippen LogP contribution in [0.25, 0.3) is 5.52 Å². The maximum Gasteiger partial charge on any atom is 0.459 e. The molecule has 0 radical (unpaired) electrons. The monoisotopic (exact) mass is 617 g/mol. The van der Waals surface area contributed by atoms with Crippen molar-refractivity contribution in [2.45, 2.75) is 94.9 Å².